The molecule has 0 saturated heterocycles. The molecule has 0 aliphatic carbocycles. The van der Waals surface area contributed by atoms with Crippen molar-refractivity contribution in [3.63, 3.8) is 0 Å². The highest BCUT2D eigenvalue weighted by Gasteiger charge is 2.15. The number of rotatable bonds is 8. The van der Waals surface area contributed by atoms with E-state index in [1.54, 1.807) is 13.1 Å². The van der Waals surface area contributed by atoms with Crippen molar-refractivity contribution < 1.29 is 19.4 Å². The Kier molecular flexibility index (Phi) is 6.97. The van der Waals surface area contributed by atoms with E-state index in [1.165, 1.54) is 10.8 Å². The second kappa shape index (κ2) is 10.0. The lowest BCUT2D eigenvalue weighted by Crippen LogP contribution is -2.06. The van der Waals surface area contributed by atoms with Gasteiger partial charge in [-0.1, -0.05) is 54.6 Å². The van der Waals surface area contributed by atoms with Gasteiger partial charge in [-0.2, -0.15) is 10.4 Å². The van der Waals surface area contributed by atoms with Crippen LogP contribution in [0.3, 0.4) is 0 Å². The molecule has 31 heavy (non-hydrogen) atoms. The molecule has 0 aliphatic heterocycles. The molecule has 1 N–H and O–H groups in total. The first-order valence-electron chi connectivity index (χ1n) is 9.76. The number of carbonyl (C=O) groups excluding carboxylic acids is 1. The fraction of sp³-hybridized carbons (Fsp3) is 0.167. The second-order valence-electron chi connectivity index (χ2n) is 6.67. The minimum absolute atomic E-state index is 0.0970. The summed E-state index contributed by atoms with van der Waals surface area (Å²) in [6, 6.07) is 19.5. The van der Waals surface area contributed by atoms with Gasteiger partial charge < -0.3 is 9.84 Å². The summed E-state index contributed by atoms with van der Waals surface area (Å²) in [6.07, 6.45) is 2.95. The Morgan fingerprint density at radius 1 is 1.10 bits per heavy atom. The summed E-state index contributed by atoms with van der Waals surface area (Å²) < 4.78 is 6.43. The van der Waals surface area contributed by atoms with Crippen LogP contribution in [0.4, 0.5) is 0 Å². The molecular weight excluding hydrogens is 394 g/mol. The van der Waals surface area contributed by atoms with E-state index in [0.29, 0.717) is 11.3 Å². The highest BCUT2D eigenvalue weighted by atomic mass is 16.5. The van der Waals surface area contributed by atoms with Crippen LogP contribution in [0, 0.1) is 11.3 Å². The Balaban J connectivity index is 2.00. The van der Waals surface area contributed by atoms with Crippen LogP contribution in [-0.4, -0.2) is 33.4 Å². The number of aromatic nitrogens is 2. The number of carboxylic acid groups (broad SMARTS) is 1. The minimum atomic E-state index is -0.939. The first kappa shape index (κ1) is 21.5. The third kappa shape index (κ3) is 5.46. The number of esters is 1. The third-order valence-corrected chi connectivity index (χ3v) is 4.53. The van der Waals surface area contributed by atoms with Crippen LogP contribution in [0.5, 0.6) is 0 Å². The van der Waals surface area contributed by atoms with Crippen LogP contribution in [0.15, 0.2) is 66.4 Å². The maximum atomic E-state index is 12.0. The molecule has 0 atom stereocenters. The monoisotopic (exact) mass is 415 g/mol. The number of aliphatic carboxylic acids is 1. The molecule has 0 fully saturated rings. The van der Waals surface area contributed by atoms with E-state index >= 15 is 0 Å². The van der Waals surface area contributed by atoms with E-state index in [2.05, 4.69) is 5.10 Å². The smallest absolute Gasteiger partial charge is 0.348 e. The Hall–Kier alpha value is -4.18. The summed E-state index contributed by atoms with van der Waals surface area (Å²) in [5.41, 5.74) is 3.82. The lowest BCUT2D eigenvalue weighted by Gasteiger charge is -2.04. The molecule has 7 heteroatoms. The molecule has 0 radical (unpaired) electrons. The molecule has 7 nitrogen and oxygen atoms in total. The Bertz CT molecular complexity index is 1140. The van der Waals surface area contributed by atoms with Crippen molar-refractivity contribution >= 4 is 18.0 Å². The van der Waals surface area contributed by atoms with E-state index in [0.717, 1.165) is 16.7 Å². The lowest BCUT2D eigenvalue weighted by molar-refractivity contribution is -0.138. The average molecular weight is 415 g/mol. The van der Waals surface area contributed by atoms with Crippen molar-refractivity contribution in [2.24, 2.45) is 0 Å². The number of carbonyl (C=O) groups is 2. The summed E-state index contributed by atoms with van der Waals surface area (Å²) in [7, 11) is 0. The predicted molar refractivity (Wildman–Crippen MR) is 116 cm³/mol. The summed E-state index contributed by atoms with van der Waals surface area (Å²) in [5.74, 6) is -1.65. The van der Waals surface area contributed by atoms with Gasteiger partial charge in [0, 0.05) is 17.3 Å². The number of nitrogens with zero attached hydrogens (tertiary/aromatic N) is 3. The van der Waals surface area contributed by atoms with Crippen molar-refractivity contribution in [1.29, 1.82) is 5.26 Å². The first-order chi connectivity index (χ1) is 15.0. The number of carboxylic acids is 1. The molecule has 3 rings (SSSR count). The summed E-state index contributed by atoms with van der Waals surface area (Å²) in [4.78, 5) is 23.0. The van der Waals surface area contributed by atoms with Gasteiger partial charge in [-0.3, -0.25) is 9.48 Å². The lowest BCUT2D eigenvalue weighted by atomic mass is 10.0. The van der Waals surface area contributed by atoms with Crippen molar-refractivity contribution in [3.05, 3.63) is 71.9 Å². The summed E-state index contributed by atoms with van der Waals surface area (Å²) in [5, 5.41) is 22.8. The highest BCUT2D eigenvalue weighted by Crippen LogP contribution is 2.28. The Morgan fingerprint density at radius 2 is 1.74 bits per heavy atom. The van der Waals surface area contributed by atoms with E-state index in [-0.39, 0.29) is 25.1 Å². The van der Waals surface area contributed by atoms with Gasteiger partial charge in [0.25, 0.3) is 0 Å². The molecule has 1 aromatic heterocycles. The molecule has 0 amide bonds. The molecule has 1 heterocycles. The van der Waals surface area contributed by atoms with Crippen LogP contribution in [0.2, 0.25) is 0 Å². The van der Waals surface area contributed by atoms with Crippen molar-refractivity contribution in [3.8, 4) is 28.5 Å². The van der Waals surface area contributed by atoms with E-state index < -0.39 is 11.9 Å². The molecule has 0 aliphatic rings. The number of ether oxygens (including phenoxy) is 1. The van der Waals surface area contributed by atoms with Crippen LogP contribution < -0.4 is 0 Å². The van der Waals surface area contributed by atoms with Crippen molar-refractivity contribution in [1.82, 2.24) is 9.78 Å². The fourth-order valence-electron chi connectivity index (χ4n) is 3.04. The van der Waals surface area contributed by atoms with Gasteiger partial charge in [0.2, 0.25) is 0 Å². The van der Waals surface area contributed by atoms with E-state index in [4.69, 9.17) is 9.84 Å². The van der Waals surface area contributed by atoms with Crippen molar-refractivity contribution in [2.45, 2.75) is 19.9 Å². The largest absolute Gasteiger partial charge is 0.481 e. The first-order valence-corrected chi connectivity index (χ1v) is 9.76. The molecule has 0 bridgehead atoms. The third-order valence-electron chi connectivity index (χ3n) is 4.53. The van der Waals surface area contributed by atoms with Crippen LogP contribution in [0.1, 0.15) is 18.9 Å². The molecule has 0 spiro atoms. The summed E-state index contributed by atoms with van der Waals surface area (Å²) in [6.45, 7) is 1.99. The van der Waals surface area contributed by atoms with Gasteiger partial charge in [-0.15, -0.1) is 0 Å². The van der Waals surface area contributed by atoms with Crippen molar-refractivity contribution in [2.75, 3.05) is 6.61 Å². The Morgan fingerprint density at radius 3 is 2.35 bits per heavy atom. The molecular formula is C24H21N3O4. The molecule has 3 aromatic rings. The number of hydrogen-bond acceptors (Lipinski definition) is 5. The predicted octanol–water partition coefficient (Wildman–Crippen LogP) is 4.16. The normalized spacial score (nSPS) is 11.0. The molecule has 0 saturated carbocycles. The number of aryl methyl sites for hydroxylation is 1. The molecule has 156 valence electrons. The number of benzene rings is 2. The van der Waals surface area contributed by atoms with Crippen LogP contribution in [0.25, 0.3) is 28.5 Å². The number of nitriles is 1. The zero-order chi connectivity index (χ0) is 22.2. The molecule has 0 unspecified atom stereocenters. The zero-order valence-corrected chi connectivity index (χ0v) is 17.0. The van der Waals surface area contributed by atoms with Gasteiger partial charge >= 0.3 is 11.9 Å². The summed E-state index contributed by atoms with van der Waals surface area (Å²) >= 11 is 0. The zero-order valence-electron chi connectivity index (χ0n) is 17.0. The quantitative estimate of drug-likeness (QED) is 0.336. The van der Waals surface area contributed by atoms with Crippen LogP contribution in [-0.2, 0) is 20.9 Å². The van der Waals surface area contributed by atoms with E-state index in [1.807, 2.05) is 60.7 Å². The number of hydrogen-bond donors (Lipinski definition) is 1. The van der Waals surface area contributed by atoms with Crippen LogP contribution >= 0.6 is 0 Å². The second-order valence-corrected chi connectivity index (χ2v) is 6.67. The van der Waals surface area contributed by atoms with Gasteiger partial charge in [-0.05, 0) is 24.1 Å². The maximum Gasteiger partial charge on any atom is 0.348 e. The fourth-order valence-corrected chi connectivity index (χ4v) is 3.04. The SMILES string of the molecule is CCOC(=O)/C(C#N)=C/c1cn(CCC(=O)O)nc1-c1ccc(-c2ccccc2)cc1. The van der Waals surface area contributed by atoms with Gasteiger partial charge in [0.1, 0.15) is 11.6 Å². The Labute approximate surface area is 179 Å². The van der Waals surface area contributed by atoms with Gasteiger partial charge in [0.15, 0.2) is 0 Å². The maximum absolute atomic E-state index is 12.0. The minimum Gasteiger partial charge on any atom is -0.481 e. The average Bonchev–Trinajstić information content (AvgIpc) is 3.19. The topological polar surface area (TPSA) is 105 Å². The standard InChI is InChI=1S/C24H21N3O4/c1-2-31-24(30)20(15-25)14-21-16-27(13-12-22(28)29)26-23(21)19-10-8-18(9-11-19)17-6-4-3-5-7-17/h3-11,14,16H,2,12-13H2,1H3,(H,28,29)/b20-14+. The highest BCUT2D eigenvalue weighted by molar-refractivity contribution is 5.98. The van der Waals surface area contributed by atoms with Gasteiger partial charge in [-0.25, -0.2) is 4.79 Å². The molecule has 2 aromatic carbocycles. The van der Waals surface area contributed by atoms with Gasteiger partial charge in [0.05, 0.1) is 25.3 Å². The van der Waals surface area contributed by atoms with E-state index in [9.17, 15) is 14.9 Å².